The fraction of sp³-hybridized carbons (Fsp3) is 0.500. The van der Waals surface area contributed by atoms with Crippen LogP contribution in [0.5, 0.6) is 0 Å². The monoisotopic (exact) mass is 156 g/mol. The number of carbonyl (C=O) groups is 1. The fourth-order valence-corrected chi connectivity index (χ4v) is 0.434. The van der Waals surface area contributed by atoms with E-state index in [1.165, 1.54) is 6.92 Å². The summed E-state index contributed by atoms with van der Waals surface area (Å²) in [7, 11) is 0. The molecular formula is C8H16N2O. The van der Waals surface area contributed by atoms with E-state index in [0.717, 1.165) is 0 Å². The summed E-state index contributed by atoms with van der Waals surface area (Å²) in [4.78, 5) is 14.0. The van der Waals surface area contributed by atoms with Gasteiger partial charge in [-0.15, -0.1) is 13.2 Å². The second-order valence-corrected chi connectivity index (χ2v) is 1.95. The standard InChI is InChI=1S/C6H12N2O.C2H4/c1-5(9)6(7)3-4-8-2;1-2/h6H,2-4,7H2,1H3;1-2H2. The summed E-state index contributed by atoms with van der Waals surface area (Å²) in [5.74, 6) is 0.0126. The normalized spacial score (nSPS) is 10.7. The van der Waals surface area contributed by atoms with Crippen molar-refractivity contribution in [3.8, 4) is 0 Å². The minimum atomic E-state index is -0.351. The number of nitrogens with zero attached hydrogens (tertiary/aromatic N) is 1. The van der Waals surface area contributed by atoms with Crippen LogP contribution in [0, 0.1) is 0 Å². The largest absolute Gasteiger partial charge is 0.321 e. The first-order valence-corrected chi connectivity index (χ1v) is 3.37. The molecule has 0 aliphatic rings. The van der Waals surface area contributed by atoms with Crippen LogP contribution in [0.2, 0.25) is 0 Å². The van der Waals surface area contributed by atoms with Crippen molar-refractivity contribution in [2.45, 2.75) is 19.4 Å². The Bertz CT molecular complexity index is 123. The highest BCUT2D eigenvalue weighted by Crippen LogP contribution is 1.88. The first kappa shape index (κ1) is 12.7. The van der Waals surface area contributed by atoms with Crippen LogP contribution in [0.1, 0.15) is 13.3 Å². The van der Waals surface area contributed by atoms with Crippen molar-refractivity contribution in [2.75, 3.05) is 6.54 Å². The zero-order valence-corrected chi connectivity index (χ0v) is 7.05. The Morgan fingerprint density at radius 3 is 2.36 bits per heavy atom. The second kappa shape index (κ2) is 9.04. The lowest BCUT2D eigenvalue weighted by molar-refractivity contribution is -0.118. The molecule has 0 spiro atoms. The number of aliphatic imine (C=N–C) groups is 1. The summed E-state index contributed by atoms with van der Waals surface area (Å²) in [5, 5.41) is 0. The summed E-state index contributed by atoms with van der Waals surface area (Å²) >= 11 is 0. The van der Waals surface area contributed by atoms with Gasteiger partial charge in [0.1, 0.15) is 5.78 Å². The molecule has 2 N–H and O–H groups in total. The quantitative estimate of drug-likeness (QED) is 0.483. The van der Waals surface area contributed by atoms with Crippen molar-refractivity contribution in [1.82, 2.24) is 0 Å². The molecule has 0 heterocycles. The Balaban J connectivity index is 0. The molecule has 0 fully saturated rings. The van der Waals surface area contributed by atoms with Gasteiger partial charge in [0.15, 0.2) is 0 Å². The number of hydrogen-bond donors (Lipinski definition) is 1. The third kappa shape index (κ3) is 9.04. The van der Waals surface area contributed by atoms with Gasteiger partial charge >= 0.3 is 0 Å². The molecule has 0 aromatic heterocycles. The molecule has 0 aliphatic carbocycles. The predicted octanol–water partition coefficient (Wildman–Crippen LogP) is 0.796. The average molecular weight is 156 g/mol. The molecule has 0 rings (SSSR count). The Hall–Kier alpha value is -0.960. The van der Waals surface area contributed by atoms with Crippen molar-refractivity contribution in [3.63, 3.8) is 0 Å². The van der Waals surface area contributed by atoms with E-state index < -0.39 is 0 Å². The van der Waals surface area contributed by atoms with Crippen LogP contribution >= 0.6 is 0 Å². The third-order valence-electron chi connectivity index (χ3n) is 1.12. The number of hydrogen-bond acceptors (Lipinski definition) is 3. The van der Waals surface area contributed by atoms with E-state index >= 15 is 0 Å². The maximum atomic E-state index is 10.5. The van der Waals surface area contributed by atoms with Gasteiger partial charge in [-0.25, -0.2) is 0 Å². The minimum Gasteiger partial charge on any atom is -0.321 e. The van der Waals surface area contributed by atoms with E-state index in [1.54, 1.807) is 0 Å². The Kier molecular flexibility index (Phi) is 10.4. The van der Waals surface area contributed by atoms with Gasteiger partial charge in [0, 0.05) is 6.54 Å². The molecular weight excluding hydrogens is 140 g/mol. The molecule has 3 nitrogen and oxygen atoms in total. The van der Waals surface area contributed by atoms with Crippen LogP contribution in [0.15, 0.2) is 18.2 Å². The molecule has 0 amide bonds. The number of ketones is 1. The Morgan fingerprint density at radius 2 is 2.09 bits per heavy atom. The van der Waals surface area contributed by atoms with Gasteiger partial charge in [0.25, 0.3) is 0 Å². The van der Waals surface area contributed by atoms with Gasteiger partial charge in [0.05, 0.1) is 6.04 Å². The van der Waals surface area contributed by atoms with E-state index in [9.17, 15) is 4.79 Å². The first-order chi connectivity index (χ1) is 5.18. The smallest absolute Gasteiger partial charge is 0.146 e. The third-order valence-corrected chi connectivity index (χ3v) is 1.12. The van der Waals surface area contributed by atoms with E-state index in [-0.39, 0.29) is 11.8 Å². The Morgan fingerprint density at radius 1 is 1.64 bits per heavy atom. The molecule has 0 saturated heterocycles. The topological polar surface area (TPSA) is 55.4 Å². The van der Waals surface area contributed by atoms with Crippen molar-refractivity contribution in [1.29, 1.82) is 0 Å². The van der Waals surface area contributed by atoms with E-state index in [0.29, 0.717) is 13.0 Å². The zero-order valence-electron chi connectivity index (χ0n) is 7.05. The summed E-state index contributed by atoms with van der Waals surface area (Å²) < 4.78 is 0. The molecule has 0 aromatic rings. The maximum absolute atomic E-state index is 10.5. The second-order valence-electron chi connectivity index (χ2n) is 1.95. The minimum absolute atomic E-state index is 0.0126. The summed E-state index contributed by atoms with van der Waals surface area (Å²) in [5.41, 5.74) is 5.37. The predicted molar refractivity (Wildman–Crippen MR) is 48.9 cm³/mol. The lowest BCUT2D eigenvalue weighted by Gasteiger charge is -2.02. The summed E-state index contributed by atoms with van der Waals surface area (Å²) in [6.07, 6.45) is 0.610. The number of nitrogens with two attached hydrogens (primary N) is 1. The molecule has 0 radical (unpaired) electrons. The van der Waals surface area contributed by atoms with Gasteiger partial charge in [-0.1, -0.05) is 0 Å². The number of Topliss-reactive ketones (excluding diaryl/α,β-unsaturated/α-hetero) is 1. The molecule has 0 saturated carbocycles. The average Bonchev–Trinajstić information content (AvgIpc) is 2.03. The van der Waals surface area contributed by atoms with Gasteiger partial charge < -0.3 is 10.7 Å². The molecule has 11 heavy (non-hydrogen) atoms. The fourth-order valence-electron chi connectivity index (χ4n) is 0.434. The van der Waals surface area contributed by atoms with Crippen LogP contribution in [-0.4, -0.2) is 25.1 Å². The van der Waals surface area contributed by atoms with Gasteiger partial charge in [-0.05, 0) is 20.1 Å². The van der Waals surface area contributed by atoms with Crippen LogP contribution in [0.25, 0.3) is 0 Å². The highest BCUT2D eigenvalue weighted by molar-refractivity contribution is 5.81. The van der Waals surface area contributed by atoms with Crippen molar-refractivity contribution in [3.05, 3.63) is 13.2 Å². The number of rotatable bonds is 4. The molecule has 3 heteroatoms. The first-order valence-electron chi connectivity index (χ1n) is 3.37. The van der Waals surface area contributed by atoms with Crippen molar-refractivity contribution < 1.29 is 4.79 Å². The van der Waals surface area contributed by atoms with Crippen LogP contribution in [0.4, 0.5) is 0 Å². The lowest BCUT2D eigenvalue weighted by Crippen LogP contribution is -2.28. The molecule has 0 aliphatic heterocycles. The lowest BCUT2D eigenvalue weighted by atomic mass is 10.1. The molecule has 0 bridgehead atoms. The van der Waals surface area contributed by atoms with Gasteiger partial charge in [0.2, 0.25) is 0 Å². The van der Waals surface area contributed by atoms with E-state index in [4.69, 9.17) is 5.73 Å². The Labute approximate surface area is 68.0 Å². The van der Waals surface area contributed by atoms with E-state index in [1.807, 2.05) is 0 Å². The maximum Gasteiger partial charge on any atom is 0.146 e. The van der Waals surface area contributed by atoms with Gasteiger partial charge in [-0.2, -0.15) is 0 Å². The summed E-state index contributed by atoms with van der Waals surface area (Å²) in [6.45, 7) is 11.3. The zero-order chi connectivity index (χ0) is 9.28. The van der Waals surface area contributed by atoms with Crippen molar-refractivity contribution in [2.24, 2.45) is 10.7 Å². The number of carbonyl (C=O) groups excluding carboxylic acids is 1. The van der Waals surface area contributed by atoms with Gasteiger partial charge in [-0.3, -0.25) is 4.79 Å². The molecule has 1 atom stereocenters. The van der Waals surface area contributed by atoms with Crippen LogP contribution in [-0.2, 0) is 4.79 Å². The highest BCUT2D eigenvalue weighted by Gasteiger charge is 2.05. The summed E-state index contributed by atoms with van der Waals surface area (Å²) in [6, 6.07) is -0.351. The molecule has 0 aromatic carbocycles. The van der Waals surface area contributed by atoms with Crippen molar-refractivity contribution >= 4 is 12.5 Å². The highest BCUT2D eigenvalue weighted by atomic mass is 16.1. The van der Waals surface area contributed by atoms with Crippen LogP contribution < -0.4 is 5.73 Å². The SMILES string of the molecule is C=C.C=NCCC(N)C(C)=O. The molecule has 1 unspecified atom stereocenters. The van der Waals surface area contributed by atoms with E-state index in [2.05, 4.69) is 24.9 Å². The molecule has 64 valence electrons. The van der Waals surface area contributed by atoms with Crippen LogP contribution in [0.3, 0.4) is 0 Å².